The van der Waals surface area contributed by atoms with Crippen molar-refractivity contribution in [1.82, 2.24) is 4.90 Å². The summed E-state index contributed by atoms with van der Waals surface area (Å²) in [6, 6.07) is 16.1. The number of ether oxygens (including phenoxy) is 3. The van der Waals surface area contributed by atoms with Crippen molar-refractivity contribution >= 4 is 12.1 Å². The number of hydrogen-bond acceptors (Lipinski definition) is 5. The monoisotopic (exact) mass is 409 g/mol. The fourth-order valence-electron chi connectivity index (χ4n) is 4.78. The number of carboxylic acids is 1. The van der Waals surface area contributed by atoms with Crippen LogP contribution < -0.4 is 0 Å². The molecule has 0 unspecified atom stereocenters. The van der Waals surface area contributed by atoms with E-state index in [0.717, 1.165) is 11.1 Å². The Hall–Kier alpha value is -2.90. The minimum atomic E-state index is -0.954. The molecule has 2 aromatic carbocycles. The highest BCUT2D eigenvalue weighted by Gasteiger charge is 2.44. The van der Waals surface area contributed by atoms with Crippen LogP contribution in [-0.2, 0) is 19.0 Å². The molecule has 2 saturated heterocycles. The molecule has 2 aliphatic heterocycles. The molecule has 0 aromatic heterocycles. The fraction of sp³-hybridized carbons (Fsp3) is 0.391. The molecule has 1 amide bonds. The number of benzene rings is 2. The quantitative estimate of drug-likeness (QED) is 0.836. The first kappa shape index (κ1) is 19.1. The van der Waals surface area contributed by atoms with Crippen LogP contribution in [0.2, 0.25) is 0 Å². The summed E-state index contributed by atoms with van der Waals surface area (Å²) in [4.78, 5) is 25.7. The topological polar surface area (TPSA) is 85.3 Å². The molecule has 0 spiro atoms. The van der Waals surface area contributed by atoms with Crippen molar-refractivity contribution in [1.29, 1.82) is 0 Å². The van der Waals surface area contributed by atoms with Crippen LogP contribution in [-0.4, -0.2) is 66.7 Å². The number of rotatable bonds is 4. The number of amides is 1. The molecule has 1 aliphatic carbocycles. The van der Waals surface area contributed by atoms with Gasteiger partial charge in [-0.25, -0.2) is 4.79 Å². The molecular formula is C23H23NO6. The van der Waals surface area contributed by atoms with Gasteiger partial charge in [0.05, 0.1) is 38.3 Å². The van der Waals surface area contributed by atoms with Gasteiger partial charge in [-0.05, 0) is 22.3 Å². The van der Waals surface area contributed by atoms with E-state index in [-0.39, 0.29) is 37.6 Å². The van der Waals surface area contributed by atoms with Crippen LogP contribution >= 0.6 is 0 Å². The summed E-state index contributed by atoms with van der Waals surface area (Å²) in [6.07, 6.45) is -1.48. The van der Waals surface area contributed by atoms with Crippen LogP contribution in [0.1, 0.15) is 23.5 Å². The molecule has 2 aromatic rings. The predicted molar refractivity (Wildman–Crippen MR) is 107 cm³/mol. The molecule has 3 atom stereocenters. The predicted octanol–water partition coefficient (Wildman–Crippen LogP) is 2.88. The Morgan fingerprint density at radius 3 is 2.37 bits per heavy atom. The summed E-state index contributed by atoms with van der Waals surface area (Å²) in [5, 5.41) is 9.12. The van der Waals surface area contributed by atoms with Crippen LogP contribution in [0.3, 0.4) is 0 Å². The van der Waals surface area contributed by atoms with Crippen molar-refractivity contribution in [3.05, 3.63) is 59.7 Å². The molecule has 0 saturated carbocycles. The molecule has 2 heterocycles. The van der Waals surface area contributed by atoms with Crippen molar-refractivity contribution in [3.63, 3.8) is 0 Å². The SMILES string of the molecule is O=C(O)C[C@@H]1CN(C(=O)OCC2c3ccccc3-c3ccccc32)[C@@H]2COC[C@H]2O1. The minimum absolute atomic E-state index is 0.0205. The zero-order valence-corrected chi connectivity index (χ0v) is 16.4. The Morgan fingerprint density at radius 1 is 1.03 bits per heavy atom. The average molecular weight is 409 g/mol. The number of carboxylic acid groups (broad SMARTS) is 1. The van der Waals surface area contributed by atoms with Gasteiger partial charge >= 0.3 is 12.1 Å². The lowest BCUT2D eigenvalue weighted by molar-refractivity contribution is -0.146. The molecule has 30 heavy (non-hydrogen) atoms. The van der Waals surface area contributed by atoms with Gasteiger partial charge in [0.25, 0.3) is 0 Å². The fourth-order valence-corrected chi connectivity index (χ4v) is 4.78. The zero-order valence-electron chi connectivity index (χ0n) is 16.4. The van der Waals surface area contributed by atoms with Gasteiger partial charge in [0.1, 0.15) is 12.7 Å². The van der Waals surface area contributed by atoms with Gasteiger partial charge in [-0.2, -0.15) is 0 Å². The molecule has 7 heteroatoms. The number of aliphatic carboxylic acids is 1. The second kappa shape index (κ2) is 7.74. The lowest BCUT2D eigenvalue weighted by Gasteiger charge is -2.39. The second-order valence-electron chi connectivity index (χ2n) is 7.96. The smallest absolute Gasteiger partial charge is 0.410 e. The van der Waals surface area contributed by atoms with Crippen LogP contribution in [0.25, 0.3) is 11.1 Å². The summed E-state index contributed by atoms with van der Waals surface area (Å²) in [5.74, 6) is -0.974. The Morgan fingerprint density at radius 2 is 1.70 bits per heavy atom. The first-order valence-electron chi connectivity index (χ1n) is 10.2. The maximum absolute atomic E-state index is 13.0. The van der Waals surface area contributed by atoms with E-state index in [1.807, 2.05) is 24.3 Å². The molecule has 3 aliphatic rings. The third-order valence-electron chi connectivity index (χ3n) is 6.14. The average Bonchev–Trinajstić information content (AvgIpc) is 3.33. The highest BCUT2D eigenvalue weighted by molar-refractivity contribution is 5.79. The van der Waals surface area contributed by atoms with E-state index in [4.69, 9.17) is 19.3 Å². The van der Waals surface area contributed by atoms with E-state index in [9.17, 15) is 9.59 Å². The zero-order chi connectivity index (χ0) is 20.7. The normalized spacial score (nSPS) is 24.8. The number of hydrogen-bond donors (Lipinski definition) is 1. The number of carbonyl (C=O) groups is 2. The molecule has 156 valence electrons. The summed E-state index contributed by atoms with van der Waals surface area (Å²) < 4.78 is 17.1. The van der Waals surface area contributed by atoms with E-state index in [0.29, 0.717) is 13.2 Å². The van der Waals surface area contributed by atoms with Crippen molar-refractivity contribution in [3.8, 4) is 11.1 Å². The van der Waals surface area contributed by atoms with Crippen LogP contribution in [0.15, 0.2) is 48.5 Å². The number of nitrogens with zero attached hydrogens (tertiary/aromatic N) is 1. The van der Waals surface area contributed by atoms with E-state index >= 15 is 0 Å². The van der Waals surface area contributed by atoms with Crippen LogP contribution in [0, 0.1) is 0 Å². The molecule has 7 nitrogen and oxygen atoms in total. The Kier molecular flexibility index (Phi) is 4.92. The Bertz CT molecular complexity index is 930. The van der Waals surface area contributed by atoms with Crippen molar-refractivity contribution in [2.45, 2.75) is 30.6 Å². The van der Waals surface area contributed by atoms with E-state index in [1.165, 1.54) is 11.1 Å². The number of carbonyl (C=O) groups excluding carboxylic acids is 1. The van der Waals surface area contributed by atoms with Gasteiger partial charge < -0.3 is 19.3 Å². The van der Waals surface area contributed by atoms with Gasteiger partial charge in [0, 0.05) is 5.92 Å². The maximum atomic E-state index is 13.0. The van der Waals surface area contributed by atoms with E-state index in [2.05, 4.69) is 24.3 Å². The van der Waals surface area contributed by atoms with Crippen LogP contribution in [0.4, 0.5) is 4.79 Å². The van der Waals surface area contributed by atoms with E-state index in [1.54, 1.807) is 4.90 Å². The van der Waals surface area contributed by atoms with Gasteiger partial charge in [0.15, 0.2) is 0 Å². The summed E-state index contributed by atoms with van der Waals surface area (Å²) >= 11 is 0. The second-order valence-corrected chi connectivity index (χ2v) is 7.96. The number of morpholine rings is 1. The van der Waals surface area contributed by atoms with Crippen molar-refractivity contribution in [2.24, 2.45) is 0 Å². The Balaban J connectivity index is 1.33. The summed E-state index contributed by atoms with van der Waals surface area (Å²) in [5.41, 5.74) is 4.65. The molecule has 0 radical (unpaired) electrons. The highest BCUT2D eigenvalue weighted by Crippen LogP contribution is 2.44. The van der Waals surface area contributed by atoms with Gasteiger partial charge in [-0.15, -0.1) is 0 Å². The lowest BCUT2D eigenvalue weighted by atomic mass is 9.98. The molecule has 2 fully saturated rings. The van der Waals surface area contributed by atoms with Gasteiger partial charge in [-0.3, -0.25) is 9.69 Å². The third-order valence-corrected chi connectivity index (χ3v) is 6.14. The lowest BCUT2D eigenvalue weighted by Crippen LogP contribution is -2.57. The Labute approximate surface area is 174 Å². The first-order chi connectivity index (χ1) is 14.6. The summed E-state index contributed by atoms with van der Waals surface area (Å²) in [7, 11) is 0. The molecule has 5 rings (SSSR count). The largest absolute Gasteiger partial charge is 0.481 e. The van der Waals surface area contributed by atoms with Gasteiger partial charge in [0.2, 0.25) is 0 Å². The summed E-state index contributed by atoms with van der Waals surface area (Å²) in [6.45, 7) is 1.14. The highest BCUT2D eigenvalue weighted by atomic mass is 16.6. The molecule has 0 bridgehead atoms. The van der Waals surface area contributed by atoms with Crippen LogP contribution in [0.5, 0.6) is 0 Å². The minimum Gasteiger partial charge on any atom is -0.481 e. The van der Waals surface area contributed by atoms with Crippen molar-refractivity contribution in [2.75, 3.05) is 26.4 Å². The standard InChI is InChI=1S/C23H23NO6/c25-22(26)9-14-10-24(20-12-28-13-21(20)30-14)23(27)29-11-19-17-7-3-1-5-15(17)16-6-2-4-8-18(16)19/h1-8,14,19-21H,9-13H2,(H,25,26)/t14-,20-,21-/m1/s1. The van der Waals surface area contributed by atoms with Gasteiger partial charge in [-0.1, -0.05) is 48.5 Å². The molecular weight excluding hydrogens is 386 g/mol. The maximum Gasteiger partial charge on any atom is 0.410 e. The molecule has 1 N–H and O–H groups in total. The number of fused-ring (bicyclic) bond motifs is 4. The first-order valence-corrected chi connectivity index (χ1v) is 10.2. The van der Waals surface area contributed by atoms with E-state index < -0.39 is 18.2 Å². The third kappa shape index (κ3) is 3.34. The van der Waals surface area contributed by atoms with Crippen molar-refractivity contribution < 1.29 is 28.9 Å².